The van der Waals surface area contributed by atoms with Gasteiger partial charge in [0.05, 0.1) is 37.6 Å². The fourth-order valence-corrected chi connectivity index (χ4v) is 4.41. The van der Waals surface area contributed by atoms with Gasteiger partial charge in [0.1, 0.15) is 18.8 Å². The lowest BCUT2D eigenvalue weighted by molar-refractivity contribution is 0.141. The molecule has 4 heteroatoms. The van der Waals surface area contributed by atoms with Crippen LogP contribution in [0.5, 0.6) is 0 Å². The number of hydrogen-bond donors (Lipinski definition) is 0. The van der Waals surface area contributed by atoms with Crippen molar-refractivity contribution in [3.8, 4) is 0 Å². The van der Waals surface area contributed by atoms with Crippen LogP contribution in [0.4, 0.5) is 0 Å². The van der Waals surface area contributed by atoms with Crippen molar-refractivity contribution in [2.24, 2.45) is 0 Å². The summed E-state index contributed by atoms with van der Waals surface area (Å²) in [7, 11) is 0. The summed E-state index contributed by atoms with van der Waals surface area (Å²) in [5.74, 6) is 0.824. The predicted molar refractivity (Wildman–Crippen MR) is 149 cm³/mol. The van der Waals surface area contributed by atoms with Crippen molar-refractivity contribution in [1.82, 2.24) is 0 Å². The highest BCUT2D eigenvalue weighted by Gasteiger charge is 2.39. The molecule has 0 N–H and O–H groups in total. The third-order valence-electron chi connectivity index (χ3n) is 6.41. The van der Waals surface area contributed by atoms with E-state index in [1.165, 1.54) is 0 Å². The summed E-state index contributed by atoms with van der Waals surface area (Å²) < 4.78 is 22.2. The molecular weight excluding hydrogens is 460 g/mol. The molecule has 0 spiro atoms. The number of benzene rings is 2. The highest BCUT2D eigenvalue weighted by Crippen LogP contribution is 2.46. The van der Waals surface area contributed by atoms with Gasteiger partial charge >= 0.3 is 0 Å². The summed E-state index contributed by atoms with van der Waals surface area (Å²) in [6.45, 7) is 13.5. The first-order chi connectivity index (χ1) is 18.2. The molecule has 2 atom stereocenters. The molecule has 2 unspecified atom stereocenters. The van der Waals surface area contributed by atoms with Crippen molar-refractivity contribution in [1.29, 1.82) is 0 Å². The third kappa shape index (κ3) is 7.07. The Morgan fingerprint density at radius 2 is 1.46 bits per heavy atom. The Kier molecular flexibility index (Phi) is 9.50. The Hall–Kier alpha value is -3.44. The molecule has 2 heterocycles. The highest BCUT2D eigenvalue weighted by atomic mass is 16.6. The average molecular weight is 497 g/mol. The summed E-state index contributed by atoms with van der Waals surface area (Å²) in [5.41, 5.74) is 3.66. The second-order valence-electron chi connectivity index (χ2n) is 9.10. The molecule has 192 valence electrons. The number of hydrogen-bond acceptors (Lipinski definition) is 4. The molecule has 2 saturated heterocycles. The van der Waals surface area contributed by atoms with Gasteiger partial charge in [-0.05, 0) is 35.3 Å². The Labute approximate surface area is 220 Å². The second-order valence-corrected chi connectivity index (χ2v) is 9.10. The molecule has 0 bridgehead atoms. The summed E-state index contributed by atoms with van der Waals surface area (Å²) in [6, 6.07) is 21.0. The zero-order chi connectivity index (χ0) is 25.9. The van der Waals surface area contributed by atoms with Gasteiger partial charge in [0.25, 0.3) is 0 Å². The van der Waals surface area contributed by atoms with Crippen LogP contribution in [0.25, 0.3) is 0 Å². The molecule has 37 heavy (non-hydrogen) atoms. The maximum Gasteiger partial charge on any atom is 0.116 e. The molecule has 0 aliphatic carbocycles. The summed E-state index contributed by atoms with van der Waals surface area (Å²) in [4.78, 5) is 0. The lowest BCUT2D eigenvalue weighted by Gasteiger charge is -2.38. The smallest absolute Gasteiger partial charge is 0.116 e. The van der Waals surface area contributed by atoms with Gasteiger partial charge in [-0.15, -0.1) is 0 Å². The van der Waals surface area contributed by atoms with E-state index in [-0.39, 0.29) is 12.2 Å². The first kappa shape index (κ1) is 26.6. The molecule has 0 radical (unpaired) electrons. The van der Waals surface area contributed by atoms with Crippen molar-refractivity contribution >= 4 is 0 Å². The molecule has 2 fully saturated rings. The molecular formula is C33H36O4. The van der Waals surface area contributed by atoms with E-state index >= 15 is 0 Å². The van der Waals surface area contributed by atoms with Gasteiger partial charge in [-0.2, -0.15) is 0 Å². The molecule has 0 aromatic heterocycles. The van der Waals surface area contributed by atoms with Gasteiger partial charge in [0.2, 0.25) is 0 Å². The van der Waals surface area contributed by atoms with Gasteiger partial charge in [-0.25, -0.2) is 0 Å². The van der Waals surface area contributed by atoms with Crippen LogP contribution in [0.15, 0.2) is 133 Å². The quantitative estimate of drug-likeness (QED) is 0.122. The SMILES string of the molecule is C=C/C=C(\C=C/COCC1CO1)C(/C(C=C)=C/C=C(\C)OCC1CO1)(c1ccccc1)c1ccccc1. The standard InChI is InChI=1S/C33H36O4/c1-4-13-28(18-12-21-34-22-31-24-36-31)33(29-14-8-6-9-15-29,30-16-10-7-11-17-30)27(5-2)20-19-26(3)35-23-32-25-37-32/h4-20,31-32H,1-2,21-25H2,3H3/b18-12-,26-19+,27-20+,28-13+. The Morgan fingerprint density at radius 1 is 0.865 bits per heavy atom. The maximum atomic E-state index is 5.89. The van der Waals surface area contributed by atoms with Gasteiger partial charge < -0.3 is 18.9 Å². The molecule has 2 aliphatic heterocycles. The van der Waals surface area contributed by atoms with Crippen molar-refractivity contribution in [3.63, 3.8) is 0 Å². The highest BCUT2D eigenvalue weighted by molar-refractivity contribution is 5.63. The number of epoxide rings is 2. The first-order valence-electron chi connectivity index (χ1n) is 12.7. The molecule has 0 saturated carbocycles. The zero-order valence-corrected chi connectivity index (χ0v) is 21.6. The van der Waals surface area contributed by atoms with E-state index in [4.69, 9.17) is 18.9 Å². The van der Waals surface area contributed by atoms with Crippen molar-refractivity contribution in [3.05, 3.63) is 144 Å². The van der Waals surface area contributed by atoms with E-state index in [1.54, 1.807) is 0 Å². The van der Waals surface area contributed by atoms with Crippen LogP contribution in [0, 0.1) is 0 Å². The minimum Gasteiger partial charge on any atom is -0.495 e. The molecule has 2 aromatic rings. The maximum absolute atomic E-state index is 5.89. The van der Waals surface area contributed by atoms with Crippen LogP contribution in [0.2, 0.25) is 0 Å². The zero-order valence-electron chi connectivity index (χ0n) is 21.6. The molecule has 0 amide bonds. The van der Waals surface area contributed by atoms with E-state index in [0.29, 0.717) is 19.8 Å². The van der Waals surface area contributed by atoms with Gasteiger partial charge in [-0.3, -0.25) is 0 Å². The summed E-state index contributed by atoms with van der Waals surface area (Å²) in [5, 5.41) is 0. The monoisotopic (exact) mass is 496 g/mol. The number of rotatable bonds is 15. The van der Waals surface area contributed by atoms with Crippen LogP contribution in [-0.2, 0) is 24.4 Å². The number of allylic oxidation sites excluding steroid dienone is 9. The lowest BCUT2D eigenvalue weighted by atomic mass is 9.63. The Bertz CT molecular complexity index is 1110. The number of ether oxygens (including phenoxy) is 4. The Morgan fingerprint density at radius 3 is 2.00 bits per heavy atom. The normalized spacial score (nSPS) is 20.1. The fraction of sp³-hybridized carbons (Fsp3) is 0.273. The Balaban J connectivity index is 1.81. The van der Waals surface area contributed by atoms with Crippen LogP contribution >= 0.6 is 0 Å². The van der Waals surface area contributed by atoms with Gasteiger partial charge in [-0.1, -0.05) is 110 Å². The summed E-state index contributed by atoms with van der Waals surface area (Å²) in [6.07, 6.45) is 14.6. The minimum atomic E-state index is -0.648. The minimum absolute atomic E-state index is 0.208. The van der Waals surface area contributed by atoms with Crippen molar-refractivity contribution < 1.29 is 18.9 Å². The van der Waals surface area contributed by atoms with E-state index in [1.807, 2.05) is 37.3 Å². The van der Waals surface area contributed by atoms with Crippen LogP contribution in [0.3, 0.4) is 0 Å². The topological polar surface area (TPSA) is 43.5 Å². The average Bonchev–Trinajstić information content (AvgIpc) is 3.86. The summed E-state index contributed by atoms with van der Waals surface area (Å²) >= 11 is 0. The first-order valence-corrected chi connectivity index (χ1v) is 12.7. The fourth-order valence-electron chi connectivity index (χ4n) is 4.41. The van der Waals surface area contributed by atoms with Crippen LogP contribution in [-0.4, -0.2) is 45.2 Å². The molecule has 4 rings (SSSR count). The van der Waals surface area contributed by atoms with Crippen LogP contribution < -0.4 is 0 Å². The molecule has 2 aliphatic rings. The predicted octanol–water partition coefficient (Wildman–Crippen LogP) is 6.49. The van der Waals surface area contributed by atoms with Crippen LogP contribution in [0.1, 0.15) is 18.1 Å². The van der Waals surface area contributed by atoms with Gasteiger partial charge in [0.15, 0.2) is 0 Å². The van der Waals surface area contributed by atoms with Gasteiger partial charge in [0, 0.05) is 0 Å². The molecule has 2 aromatic carbocycles. The second kappa shape index (κ2) is 13.2. The third-order valence-corrected chi connectivity index (χ3v) is 6.41. The van der Waals surface area contributed by atoms with E-state index < -0.39 is 5.41 Å². The van der Waals surface area contributed by atoms with Crippen molar-refractivity contribution in [2.75, 3.05) is 33.0 Å². The lowest BCUT2D eigenvalue weighted by Crippen LogP contribution is -2.32. The van der Waals surface area contributed by atoms with E-state index in [2.05, 4.69) is 86.0 Å². The molecule has 4 nitrogen and oxygen atoms in total. The largest absolute Gasteiger partial charge is 0.495 e. The van der Waals surface area contributed by atoms with E-state index in [0.717, 1.165) is 41.2 Å². The van der Waals surface area contributed by atoms with Crippen molar-refractivity contribution in [2.45, 2.75) is 24.5 Å². The van der Waals surface area contributed by atoms with E-state index in [9.17, 15) is 0 Å².